The van der Waals surface area contributed by atoms with Gasteiger partial charge in [-0.1, -0.05) is 5.16 Å². The highest BCUT2D eigenvalue weighted by Gasteiger charge is 2.38. The van der Waals surface area contributed by atoms with Crippen LogP contribution in [0.4, 0.5) is 32.0 Å². The number of anilines is 1. The van der Waals surface area contributed by atoms with Crippen LogP contribution in [0.1, 0.15) is 40.6 Å². The van der Waals surface area contributed by atoms with Crippen molar-refractivity contribution in [1.82, 2.24) is 15.5 Å². The van der Waals surface area contributed by atoms with Gasteiger partial charge in [-0.05, 0) is 25.1 Å². The van der Waals surface area contributed by atoms with Gasteiger partial charge in [0.1, 0.15) is 6.04 Å². The Morgan fingerprint density at radius 2 is 1.74 bits per heavy atom. The first kappa shape index (κ1) is 20.5. The van der Waals surface area contributed by atoms with E-state index in [9.17, 15) is 31.1 Å². The smallest absolute Gasteiger partial charge is 0.378 e. The number of nitrogens with zero attached hydrogens (tertiary/aromatic N) is 3. The van der Waals surface area contributed by atoms with E-state index in [-0.39, 0.29) is 11.3 Å². The van der Waals surface area contributed by atoms with Crippen molar-refractivity contribution in [1.29, 1.82) is 0 Å². The minimum absolute atomic E-state index is 0.125. The van der Waals surface area contributed by atoms with Crippen molar-refractivity contribution in [3.8, 4) is 0 Å². The van der Waals surface area contributed by atoms with Crippen molar-refractivity contribution in [3.05, 3.63) is 41.0 Å². The molecule has 1 N–H and O–H groups in total. The summed E-state index contributed by atoms with van der Waals surface area (Å²) in [5, 5.41) is 4.99. The number of alkyl halides is 6. The van der Waals surface area contributed by atoms with E-state index in [1.165, 1.54) is 32.0 Å². The lowest BCUT2D eigenvalue weighted by molar-refractivity contribution is -0.146. The average Bonchev–Trinajstić information content (AvgIpc) is 3.03. The average molecular weight is 396 g/mol. The van der Waals surface area contributed by atoms with Crippen LogP contribution in [0.25, 0.3) is 0 Å². The van der Waals surface area contributed by atoms with E-state index in [1.807, 2.05) is 0 Å². The Kier molecular flexibility index (Phi) is 5.38. The maximum absolute atomic E-state index is 13.0. The molecule has 0 radical (unpaired) electrons. The quantitative estimate of drug-likeness (QED) is 0.799. The molecule has 0 unspecified atom stereocenters. The van der Waals surface area contributed by atoms with Crippen LogP contribution in [0.3, 0.4) is 0 Å². The molecule has 0 fully saturated rings. The molecule has 6 nitrogen and oxygen atoms in total. The van der Waals surface area contributed by atoms with Crippen molar-refractivity contribution in [3.63, 3.8) is 0 Å². The van der Waals surface area contributed by atoms with Gasteiger partial charge in [0.15, 0.2) is 0 Å². The SMILES string of the molecule is C[C@H](NC(=O)c1cc(N(C)C)cc(C(F)(F)F)c1)c1nc(C(F)(F)F)no1. The molecule has 1 heterocycles. The number of rotatable bonds is 4. The van der Waals surface area contributed by atoms with Crippen LogP contribution in [0.15, 0.2) is 22.7 Å². The van der Waals surface area contributed by atoms with E-state index in [0.717, 1.165) is 6.07 Å². The molecule has 27 heavy (non-hydrogen) atoms. The molecule has 1 amide bonds. The fourth-order valence-corrected chi connectivity index (χ4v) is 2.03. The van der Waals surface area contributed by atoms with Crippen LogP contribution in [-0.2, 0) is 12.4 Å². The highest BCUT2D eigenvalue weighted by Crippen LogP contribution is 2.33. The van der Waals surface area contributed by atoms with Crippen molar-refractivity contribution < 1.29 is 35.7 Å². The standard InChI is InChI=1S/C15H14F6N4O2/c1-7(12-23-13(24-27-12)15(19,20)21)22-11(26)8-4-9(14(16,17)18)6-10(5-8)25(2)3/h4-7H,1-3H3,(H,22,26)/t7-/m0/s1. The largest absolute Gasteiger partial charge is 0.455 e. The summed E-state index contributed by atoms with van der Waals surface area (Å²) in [5.74, 6) is -2.99. The van der Waals surface area contributed by atoms with Gasteiger partial charge in [0.25, 0.3) is 11.7 Å². The maximum Gasteiger partial charge on any atom is 0.455 e. The lowest BCUT2D eigenvalue weighted by Gasteiger charge is -2.18. The van der Waals surface area contributed by atoms with Crippen LogP contribution in [-0.4, -0.2) is 30.1 Å². The van der Waals surface area contributed by atoms with Gasteiger partial charge >= 0.3 is 12.4 Å². The van der Waals surface area contributed by atoms with Crippen LogP contribution in [0, 0.1) is 0 Å². The van der Waals surface area contributed by atoms with E-state index < -0.39 is 41.6 Å². The zero-order valence-corrected chi connectivity index (χ0v) is 14.2. The van der Waals surface area contributed by atoms with Gasteiger partial charge in [0, 0.05) is 25.3 Å². The molecule has 0 bridgehead atoms. The van der Waals surface area contributed by atoms with E-state index in [1.54, 1.807) is 0 Å². The predicted octanol–water partition coefficient (Wildman–Crippen LogP) is 3.66. The number of carbonyl (C=O) groups is 1. The fraction of sp³-hybridized carbons (Fsp3) is 0.400. The molecule has 2 rings (SSSR count). The zero-order chi connectivity index (χ0) is 20.6. The number of halogens is 6. The molecule has 1 atom stereocenters. The van der Waals surface area contributed by atoms with Gasteiger partial charge in [0.2, 0.25) is 5.89 Å². The van der Waals surface area contributed by atoms with Gasteiger partial charge in [-0.2, -0.15) is 31.3 Å². The Hall–Kier alpha value is -2.79. The van der Waals surface area contributed by atoms with Gasteiger partial charge in [-0.15, -0.1) is 0 Å². The predicted molar refractivity (Wildman–Crippen MR) is 81.0 cm³/mol. The Labute approximate surface area is 149 Å². The normalized spacial score (nSPS) is 13.4. The van der Waals surface area contributed by atoms with Gasteiger partial charge in [0.05, 0.1) is 5.56 Å². The molecule has 1 aromatic carbocycles. The first-order valence-electron chi connectivity index (χ1n) is 7.40. The second-order valence-corrected chi connectivity index (χ2v) is 5.81. The summed E-state index contributed by atoms with van der Waals surface area (Å²) in [6.45, 7) is 1.26. The molecule has 148 valence electrons. The Balaban J connectivity index is 2.27. The fourth-order valence-electron chi connectivity index (χ4n) is 2.03. The zero-order valence-electron chi connectivity index (χ0n) is 14.2. The van der Waals surface area contributed by atoms with E-state index in [4.69, 9.17) is 0 Å². The number of aromatic nitrogens is 2. The van der Waals surface area contributed by atoms with Crippen LogP contribution >= 0.6 is 0 Å². The molecule has 2 aromatic rings. The molecular formula is C15H14F6N4O2. The van der Waals surface area contributed by atoms with E-state index in [0.29, 0.717) is 6.07 Å². The Morgan fingerprint density at radius 3 is 2.22 bits per heavy atom. The third kappa shape index (κ3) is 4.89. The van der Waals surface area contributed by atoms with Gasteiger partial charge in [-0.25, -0.2) is 0 Å². The molecule has 0 saturated carbocycles. The third-order valence-electron chi connectivity index (χ3n) is 3.44. The van der Waals surface area contributed by atoms with E-state index in [2.05, 4.69) is 20.0 Å². The van der Waals surface area contributed by atoms with E-state index >= 15 is 0 Å². The molecule has 1 aromatic heterocycles. The summed E-state index contributed by atoms with van der Waals surface area (Å²) >= 11 is 0. The van der Waals surface area contributed by atoms with Crippen LogP contribution in [0.2, 0.25) is 0 Å². The summed E-state index contributed by atoms with van der Waals surface area (Å²) in [4.78, 5) is 16.8. The van der Waals surface area contributed by atoms with Crippen LogP contribution < -0.4 is 10.2 Å². The minimum atomic E-state index is -4.83. The molecule has 12 heteroatoms. The first-order valence-corrected chi connectivity index (χ1v) is 7.40. The number of amides is 1. The Bertz CT molecular complexity index is 828. The molecule has 0 aliphatic carbocycles. The second-order valence-electron chi connectivity index (χ2n) is 5.81. The molecule has 0 saturated heterocycles. The number of hydrogen-bond acceptors (Lipinski definition) is 5. The van der Waals surface area contributed by atoms with Gasteiger partial charge < -0.3 is 14.7 Å². The lowest BCUT2D eigenvalue weighted by atomic mass is 10.1. The highest BCUT2D eigenvalue weighted by atomic mass is 19.4. The molecular weight excluding hydrogens is 382 g/mol. The monoisotopic (exact) mass is 396 g/mol. The topological polar surface area (TPSA) is 71.3 Å². The van der Waals surface area contributed by atoms with Crippen molar-refractivity contribution in [2.45, 2.75) is 25.3 Å². The van der Waals surface area contributed by atoms with Crippen molar-refractivity contribution >= 4 is 11.6 Å². The number of benzene rings is 1. The van der Waals surface area contributed by atoms with Crippen molar-refractivity contribution in [2.24, 2.45) is 0 Å². The highest BCUT2D eigenvalue weighted by molar-refractivity contribution is 5.95. The first-order chi connectivity index (χ1) is 12.3. The summed E-state index contributed by atoms with van der Waals surface area (Å²) in [5.41, 5.74) is -1.24. The summed E-state index contributed by atoms with van der Waals surface area (Å²) in [6, 6.07) is 1.57. The number of nitrogens with one attached hydrogen (secondary N) is 1. The lowest BCUT2D eigenvalue weighted by Crippen LogP contribution is -2.27. The summed E-state index contributed by atoms with van der Waals surface area (Å²) in [6.07, 6.45) is -9.51. The summed E-state index contributed by atoms with van der Waals surface area (Å²) < 4.78 is 81.0. The maximum atomic E-state index is 13.0. The number of hydrogen-bond donors (Lipinski definition) is 1. The van der Waals surface area contributed by atoms with Crippen LogP contribution in [0.5, 0.6) is 0 Å². The molecule has 0 aliphatic heterocycles. The Morgan fingerprint density at radius 1 is 1.11 bits per heavy atom. The number of carbonyl (C=O) groups excluding carboxylic acids is 1. The summed E-state index contributed by atoms with van der Waals surface area (Å²) in [7, 11) is 2.99. The molecule has 0 spiro atoms. The molecule has 0 aliphatic rings. The van der Waals surface area contributed by atoms with Crippen molar-refractivity contribution in [2.75, 3.05) is 19.0 Å². The minimum Gasteiger partial charge on any atom is -0.378 e. The second kappa shape index (κ2) is 7.08. The van der Waals surface area contributed by atoms with Gasteiger partial charge in [-0.3, -0.25) is 4.79 Å². The third-order valence-corrected chi connectivity index (χ3v) is 3.44.